The fraction of sp³-hybridized carbons (Fsp3) is 0.667. The van der Waals surface area contributed by atoms with Crippen LogP contribution in [0.2, 0.25) is 6.04 Å². The normalized spacial score (nSPS) is 12.6. The second-order valence-corrected chi connectivity index (χ2v) is 9.08. The molecule has 0 rings (SSSR count). The van der Waals surface area contributed by atoms with Gasteiger partial charge in [-0.15, -0.1) is 0 Å². The molecule has 0 bridgehead atoms. The quantitative estimate of drug-likeness (QED) is 0.234. The topological polar surface area (TPSA) is 26.3 Å². The van der Waals surface area contributed by atoms with Crippen molar-refractivity contribution in [1.82, 2.24) is 0 Å². The predicted octanol–water partition coefficient (Wildman–Crippen LogP) is 3.08. The molecule has 0 aromatic carbocycles. The molecule has 80 valence electrons. The number of ether oxygens (including phenoxy) is 1. The zero-order valence-electron chi connectivity index (χ0n) is 8.13. The largest absolute Gasteiger partial charge is 0.460 e. The Morgan fingerprint density at radius 1 is 1.64 bits per heavy atom. The van der Waals surface area contributed by atoms with Gasteiger partial charge >= 0.3 is 5.97 Å². The smallest absolute Gasteiger partial charge is 0.330 e. The van der Waals surface area contributed by atoms with Crippen molar-refractivity contribution < 1.29 is 9.53 Å². The summed E-state index contributed by atoms with van der Waals surface area (Å²) in [7, 11) is 0.857. The Morgan fingerprint density at radius 2 is 2.29 bits per heavy atom. The van der Waals surface area contributed by atoms with Crippen LogP contribution in [-0.4, -0.2) is 25.0 Å². The molecule has 1 atom stereocenters. The molecule has 0 aliphatic heterocycles. The molecule has 2 nitrogen and oxygen atoms in total. The van der Waals surface area contributed by atoms with E-state index in [1.54, 1.807) is 0 Å². The molecular formula is C9H14Br2O2Si. The first-order chi connectivity index (χ1) is 6.56. The number of hydrogen-bond donors (Lipinski definition) is 0. The lowest BCUT2D eigenvalue weighted by Gasteiger charge is -2.11. The lowest BCUT2D eigenvalue weighted by Crippen LogP contribution is -2.13. The minimum absolute atomic E-state index is 0.00518. The highest BCUT2D eigenvalue weighted by Crippen LogP contribution is 2.11. The van der Waals surface area contributed by atoms with Crippen molar-refractivity contribution >= 4 is 47.3 Å². The van der Waals surface area contributed by atoms with Crippen LogP contribution in [0.3, 0.4) is 0 Å². The predicted molar refractivity (Wildman–Crippen MR) is 67.2 cm³/mol. The summed E-state index contributed by atoms with van der Waals surface area (Å²) < 4.78 is 5.45. The van der Waals surface area contributed by atoms with Crippen molar-refractivity contribution in [1.29, 1.82) is 0 Å². The molecule has 0 aliphatic rings. The summed E-state index contributed by atoms with van der Waals surface area (Å²) in [5, 5.41) is 0. The number of carbonyl (C=O) groups excluding carboxylic acids is 1. The van der Waals surface area contributed by atoms with Gasteiger partial charge in [-0.25, -0.2) is 4.79 Å². The summed E-state index contributed by atoms with van der Waals surface area (Å²) in [5.41, 5.74) is 0. The summed E-state index contributed by atoms with van der Waals surface area (Å²) in [6, 6.07) is 1.15. The maximum absolute atomic E-state index is 10.8. The summed E-state index contributed by atoms with van der Waals surface area (Å²) in [4.78, 5) is 10.8. The van der Waals surface area contributed by atoms with Gasteiger partial charge in [0, 0.05) is 6.08 Å². The van der Waals surface area contributed by atoms with E-state index in [4.69, 9.17) is 4.74 Å². The standard InChI is InChI=1S/C9H14Br2O2Si/c1-3-8(12)13-7(2)5-4-6-14-9(10)11/h3,7,9H,1,4-6H2,2H3. The van der Waals surface area contributed by atoms with Gasteiger partial charge < -0.3 is 4.74 Å². The van der Waals surface area contributed by atoms with E-state index in [0.29, 0.717) is 3.36 Å². The van der Waals surface area contributed by atoms with Crippen molar-refractivity contribution in [3.8, 4) is 0 Å². The van der Waals surface area contributed by atoms with E-state index in [1.165, 1.54) is 6.08 Å². The average Bonchev–Trinajstić information content (AvgIpc) is 2.12. The Morgan fingerprint density at radius 3 is 2.79 bits per heavy atom. The molecule has 0 saturated carbocycles. The van der Waals surface area contributed by atoms with Crippen molar-refractivity contribution in [2.45, 2.75) is 35.3 Å². The highest BCUT2D eigenvalue weighted by Gasteiger charge is 2.06. The Labute approximate surface area is 105 Å². The van der Waals surface area contributed by atoms with Gasteiger partial charge in [0.1, 0.15) is 0 Å². The first-order valence-electron chi connectivity index (χ1n) is 4.41. The van der Waals surface area contributed by atoms with E-state index < -0.39 is 0 Å². The fourth-order valence-corrected chi connectivity index (χ4v) is 2.91. The Bertz CT molecular complexity index is 186. The van der Waals surface area contributed by atoms with E-state index in [9.17, 15) is 4.79 Å². The number of rotatable bonds is 7. The molecule has 0 aliphatic carbocycles. The monoisotopic (exact) mass is 340 g/mol. The summed E-state index contributed by atoms with van der Waals surface area (Å²) >= 11 is 6.85. The Kier molecular flexibility index (Phi) is 8.92. The lowest BCUT2D eigenvalue weighted by molar-refractivity contribution is -0.142. The molecule has 1 unspecified atom stereocenters. The zero-order chi connectivity index (χ0) is 11.0. The molecule has 0 fully saturated rings. The van der Waals surface area contributed by atoms with Crippen LogP contribution in [0.5, 0.6) is 0 Å². The second-order valence-electron chi connectivity index (χ2n) is 2.85. The molecule has 2 radical (unpaired) electrons. The number of carbonyl (C=O) groups is 1. The molecule has 5 heteroatoms. The molecule has 0 aromatic rings. The zero-order valence-corrected chi connectivity index (χ0v) is 12.3. The average molecular weight is 342 g/mol. The van der Waals surface area contributed by atoms with Crippen LogP contribution in [0, 0.1) is 0 Å². The third-order valence-corrected chi connectivity index (χ3v) is 4.46. The van der Waals surface area contributed by atoms with Crippen LogP contribution < -0.4 is 0 Å². The Balaban J connectivity index is 3.39. The van der Waals surface area contributed by atoms with Gasteiger partial charge in [0.05, 0.1) is 19.0 Å². The maximum Gasteiger partial charge on any atom is 0.330 e. The van der Waals surface area contributed by atoms with Crippen LogP contribution in [0.4, 0.5) is 0 Å². The molecule has 14 heavy (non-hydrogen) atoms. The number of hydrogen-bond acceptors (Lipinski definition) is 2. The molecule has 0 saturated heterocycles. The van der Waals surface area contributed by atoms with Crippen LogP contribution in [-0.2, 0) is 9.53 Å². The lowest BCUT2D eigenvalue weighted by atomic mass is 10.2. The van der Waals surface area contributed by atoms with Gasteiger partial charge in [0.15, 0.2) is 0 Å². The highest BCUT2D eigenvalue weighted by atomic mass is 79.9. The van der Waals surface area contributed by atoms with E-state index >= 15 is 0 Å². The fourth-order valence-electron chi connectivity index (χ4n) is 0.906. The minimum Gasteiger partial charge on any atom is -0.460 e. The first-order valence-corrected chi connectivity index (χ1v) is 7.52. The Hall–Kier alpha value is 0.387. The highest BCUT2D eigenvalue weighted by molar-refractivity contribution is 9.25. The summed E-state index contributed by atoms with van der Waals surface area (Å²) in [5.74, 6) is -0.334. The second kappa shape index (κ2) is 8.68. The van der Waals surface area contributed by atoms with Crippen molar-refractivity contribution in [3.63, 3.8) is 0 Å². The van der Waals surface area contributed by atoms with Gasteiger partial charge in [-0.3, -0.25) is 0 Å². The maximum atomic E-state index is 10.8. The minimum atomic E-state index is -0.334. The van der Waals surface area contributed by atoms with Crippen LogP contribution >= 0.6 is 31.9 Å². The van der Waals surface area contributed by atoms with E-state index in [-0.39, 0.29) is 12.1 Å². The number of alkyl halides is 2. The van der Waals surface area contributed by atoms with Crippen molar-refractivity contribution in [2.24, 2.45) is 0 Å². The number of esters is 1. The third-order valence-electron chi connectivity index (χ3n) is 1.57. The summed E-state index contributed by atoms with van der Waals surface area (Å²) in [6.07, 6.45) is 3.19. The van der Waals surface area contributed by atoms with Crippen LogP contribution in [0.15, 0.2) is 12.7 Å². The molecule has 0 aromatic heterocycles. The number of halogens is 2. The van der Waals surface area contributed by atoms with Gasteiger partial charge in [-0.1, -0.05) is 50.9 Å². The van der Waals surface area contributed by atoms with Crippen LogP contribution in [0.25, 0.3) is 0 Å². The van der Waals surface area contributed by atoms with Gasteiger partial charge in [-0.05, 0) is 13.3 Å². The molecular weight excluding hydrogens is 328 g/mol. The molecule has 0 spiro atoms. The van der Waals surface area contributed by atoms with Gasteiger partial charge in [-0.2, -0.15) is 0 Å². The first kappa shape index (κ1) is 14.4. The van der Waals surface area contributed by atoms with Gasteiger partial charge in [0.25, 0.3) is 0 Å². The van der Waals surface area contributed by atoms with Gasteiger partial charge in [0.2, 0.25) is 0 Å². The molecule has 0 heterocycles. The van der Waals surface area contributed by atoms with E-state index in [2.05, 4.69) is 38.4 Å². The van der Waals surface area contributed by atoms with Crippen molar-refractivity contribution in [3.05, 3.63) is 12.7 Å². The molecule has 0 N–H and O–H groups in total. The third kappa shape index (κ3) is 8.96. The van der Waals surface area contributed by atoms with E-state index in [0.717, 1.165) is 28.4 Å². The summed E-state index contributed by atoms with van der Waals surface area (Å²) in [6.45, 7) is 5.25. The SMILES string of the molecule is C=CC(=O)OC(C)CCC[Si]C(Br)Br. The van der Waals surface area contributed by atoms with E-state index in [1.807, 2.05) is 6.92 Å². The van der Waals surface area contributed by atoms with Crippen LogP contribution in [0.1, 0.15) is 19.8 Å². The van der Waals surface area contributed by atoms with Crippen molar-refractivity contribution in [2.75, 3.05) is 0 Å². The molecule has 0 amide bonds.